The van der Waals surface area contributed by atoms with Gasteiger partial charge in [0.2, 0.25) is 0 Å². The molecule has 0 radical (unpaired) electrons. The highest BCUT2D eigenvalue weighted by molar-refractivity contribution is 9.10. The SMILES string of the molecule is CCCOc1ccc(C(=O)c2cc(N)cc(Br)c2)cc1. The summed E-state index contributed by atoms with van der Waals surface area (Å²) < 4.78 is 6.29. The van der Waals surface area contributed by atoms with Crippen LogP contribution in [0.4, 0.5) is 5.69 Å². The molecule has 0 unspecified atom stereocenters. The molecule has 0 amide bonds. The van der Waals surface area contributed by atoms with Crippen LogP contribution < -0.4 is 10.5 Å². The van der Waals surface area contributed by atoms with Gasteiger partial charge in [0.05, 0.1) is 6.61 Å². The summed E-state index contributed by atoms with van der Waals surface area (Å²) in [6.07, 6.45) is 0.956. The normalized spacial score (nSPS) is 10.3. The number of ketones is 1. The van der Waals surface area contributed by atoms with Gasteiger partial charge in [0, 0.05) is 21.3 Å². The number of carbonyl (C=O) groups excluding carboxylic acids is 1. The highest BCUT2D eigenvalue weighted by Gasteiger charge is 2.10. The molecule has 0 bridgehead atoms. The molecule has 2 rings (SSSR count). The Morgan fingerprint density at radius 3 is 2.45 bits per heavy atom. The third-order valence-corrected chi connectivity index (χ3v) is 3.23. The second kappa shape index (κ2) is 6.57. The van der Waals surface area contributed by atoms with Crippen molar-refractivity contribution in [3.05, 3.63) is 58.1 Å². The monoisotopic (exact) mass is 333 g/mol. The summed E-state index contributed by atoms with van der Waals surface area (Å²) in [6.45, 7) is 2.73. The highest BCUT2D eigenvalue weighted by atomic mass is 79.9. The molecule has 0 saturated heterocycles. The second-order valence-corrected chi connectivity index (χ2v) is 5.39. The van der Waals surface area contributed by atoms with Gasteiger partial charge in [-0.2, -0.15) is 0 Å². The first-order valence-electron chi connectivity index (χ1n) is 6.44. The number of benzene rings is 2. The number of hydrogen-bond donors (Lipinski definition) is 1. The van der Waals surface area contributed by atoms with Gasteiger partial charge in [-0.15, -0.1) is 0 Å². The molecule has 4 heteroatoms. The van der Waals surface area contributed by atoms with E-state index in [1.807, 2.05) is 12.1 Å². The Labute approximate surface area is 126 Å². The van der Waals surface area contributed by atoms with Crippen molar-refractivity contribution < 1.29 is 9.53 Å². The molecular weight excluding hydrogens is 318 g/mol. The number of nitrogens with two attached hydrogens (primary N) is 1. The number of ether oxygens (including phenoxy) is 1. The third kappa shape index (κ3) is 3.61. The average Bonchev–Trinajstić information content (AvgIpc) is 2.44. The molecule has 0 aromatic heterocycles. The molecule has 0 saturated carbocycles. The Hall–Kier alpha value is -1.81. The number of hydrogen-bond acceptors (Lipinski definition) is 3. The van der Waals surface area contributed by atoms with Crippen molar-refractivity contribution >= 4 is 27.4 Å². The predicted molar refractivity (Wildman–Crippen MR) is 84.2 cm³/mol. The lowest BCUT2D eigenvalue weighted by molar-refractivity contribution is 0.103. The fraction of sp³-hybridized carbons (Fsp3) is 0.188. The predicted octanol–water partition coefficient (Wildman–Crippen LogP) is 4.05. The first kappa shape index (κ1) is 14.6. The van der Waals surface area contributed by atoms with Crippen LogP contribution in [0.3, 0.4) is 0 Å². The van der Waals surface area contributed by atoms with Gasteiger partial charge < -0.3 is 10.5 Å². The van der Waals surface area contributed by atoms with Crippen molar-refractivity contribution in [2.75, 3.05) is 12.3 Å². The van der Waals surface area contributed by atoms with Gasteiger partial charge in [0.15, 0.2) is 5.78 Å². The quantitative estimate of drug-likeness (QED) is 0.663. The molecule has 2 aromatic carbocycles. The van der Waals surface area contributed by atoms with Crippen LogP contribution in [-0.4, -0.2) is 12.4 Å². The van der Waals surface area contributed by atoms with Crippen molar-refractivity contribution in [2.45, 2.75) is 13.3 Å². The molecule has 0 heterocycles. The minimum Gasteiger partial charge on any atom is -0.494 e. The van der Waals surface area contributed by atoms with Crippen LogP contribution in [0.5, 0.6) is 5.75 Å². The Kier molecular flexibility index (Phi) is 4.79. The number of rotatable bonds is 5. The van der Waals surface area contributed by atoms with Crippen LogP contribution in [0.2, 0.25) is 0 Å². The largest absolute Gasteiger partial charge is 0.494 e. The van der Waals surface area contributed by atoms with Crippen LogP contribution >= 0.6 is 15.9 Å². The molecule has 2 N–H and O–H groups in total. The van der Waals surface area contributed by atoms with Crippen LogP contribution in [0.15, 0.2) is 46.9 Å². The molecule has 0 atom stereocenters. The summed E-state index contributed by atoms with van der Waals surface area (Å²) in [4.78, 5) is 12.4. The maximum Gasteiger partial charge on any atom is 0.193 e. The summed E-state index contributed by atoms with van der Waals surface area (Å²) in [6, 6.07) is 12.4. The standard InChI is InChI=1S/C16H16BrNO2/c1-2-7-20-15-5-3-11(4-6-15)16(19)12-8-13(17)10-14(18)9-12/h3-6,8-10H,2,7,18H2,1H3. The van der Waals surface area contributed by atoms with Crippen LogP contribution in [0, 0.1) is 0 Å². The first-order valence-corrected chi connectivity index (χ1v) is 7.23. The lowest BCUT2D eigenvalue weighted by Gasteiger charge is -2.06. The van der Waals surface area contributed by atoms with E-state index < -0.39 is 0 Å². The van der Waals surface area contributed by atoms with E-state index in [1.54, 1.807) is 30.3 Å². The summed E-state index contributed by atoms with van der Waals surface area (Å²) in [5.41, 5.74) is 7.50. The van der Waals surface area contributed by atoms with Crippen LogP contribution in [-0.2, 0) is 0 Å². The molecule has 104 valence electrons. The van der Waals surface area contributed by atoms with E-state index in [9.17, 15) is 4.79 Å². The Morgan fingerprint density at radius 1 is 1.15 bits per heavy atom. The Balaban J connectivity index is 2.20. The zero-order valence-corrected chi connectivity index (χ0v) is 12.8. The fourth-order valence-corrected chi connectivity index (χ4v) is 2.34. The van der Waals surface area contributed by atoms with E-state index in [2.05, 4.69) is 22.9 Å². The van der Waals surface area contributed by atoms with E-state index in [-0.39, 0.29) is 5.78 Å². The van der Waals surface area contributed by atoms with E-state index >= 15 is 0 Å². The summed E-state index contributed by atoms with van der Waals surface area (Å²) in [7, 11) is 0. The van der Waals surface area contributed by atoms with Gasteiger partial charge in [0.1, 0.15) is 5.75 Å². The van der Waals surface area contributed by atoms with Gasteiger partial charge in [-0.3, -0.25) is 4.79 Å². The van der Waals surface area contributed by atoms with Gasteiger partial charge in [0.25, 0.3) is 0 Å². The number of nitrogen functional groups attached to an aromatic ring is 1. The summed E-state index contributed by atoms with van der Waals surface area (Å²) in [5, 5.41) is 0. The maximum absolute atomic E-state index is 12.4. The van der Waals surface area contributed by atoms with Crippen molar-refractivity contribution in [1.29, 1.82) is 0 Å². The molecule has 0 aliphatic carbocycles. The number of carbonyl (C=O) groups is 1. The lowest BCUT2D eigenvalue weighted by atomic mass is 10.0. The summed E-state index contributed by atoms with van der Waals surface area (Å²) >= 11 is 3.34. The minimum absolute atomic E-state index is 0.0555. The van der Waals surface area contributed by atoms with Gasteiger partial charge in [-0.05, 0) is 48.9 Å². The topological polar surface area (TPSA) is 52.3 Å². The van der Waals surface area contributed by atoms with E-state index in [0.717, 1.165) is 16.6 Å². The molecule has 0 spiro atoms. The van der Waals surface area contributed by atoms with Crippen molar-refractivity contribution in [3.63, 3.8) is 0 Å². The van der Waals surface area contributed by atoms with E-state index in [4.69, 9.17) is 10.5 Å². The van der Waals surface area contributed by atoms with Gasteiger partial charge >= 0.3 is 0 Å². The highest BCUT2D eigenvalue weighted by Crippen LogP contribution is 2.21. The summed E-state index contributed by atoms with van der Waals surface area (Å²) in [5.74, 6) is 0.720. The first-order chi connectivity index (χ1) is 9.60. The van der Waals surface area contributed by atoms with Crippen LogP contribution in [0.25, 0.3) is 0 Å². The van der Waals surface area contributed by atoms with E-state index in [1.165, 1.54) is 0 Å². The van der Waals surface area contributed by atoms with Gasteiger partial charge in [-0.1, -0.05) is 22.9 Å². The Morgan fingerprint density at radius 2 is 1.85 bits per heavy atom. The molecular formula is C16H16BrNO2. The fourth-order valence-electron chi connectivity index (χ4n) is 1.83. The second-order valence-electron chi connectivity index (χ2n) is 4.48. The molecule has 20 heavy (non-hydrogen) atoms. The Bertz CT molecular complexity index is 588. The molecule has 0 aliphatic heterocycles. The molecule has 2 aromatic rings. The number of anilines is 1. The molecule has 3 nitrogen and oxygen atoms in total. The van der Waals surface area contributed by atoms with Crippen molar-refractivity contribution in [2.24, 2.45) is 0 Å². The van der Waals surface area contributed by atoms with Crippen LogP contribution in [0.1, 0.15) is 29.3 Å². The van der Waals surface area contributed by atoms with Gasteiger partial charge in [-0.25, -0.2) is 0 Å². The minimum atomic E-state index is -0.0555. The smallest absolute Gasteiger partial charge is 0.193 e. The average molecular weight is 334 g/mol. The zero-order valence-electron chi connectivity index (χ0n) is 11.2. The third-order valence-electron chi connectivity index (χ3n) is 2.77. The lowest BCUT2D eigenvalue weighted by Crippen LogP contribution is -2.03. The maximum atomic E-state index is 12.4. The van der Waals surface area contributed by atoms with Crippen molar-refractivity contribution in [1.82, 2.24) is 0 Å². The number of halogens is 1. The zero-order chi connectivity index (χ0) is 14.5. The molecule has 0 fully saturated rings. The van der Waals surface area contributed by atoms with Crippen molar-refractivity contribution in [3.8, 4) is 5.75 Å². The molecule has 0 aliphatic rings. The van der Waals surface area contributed by atoms with E-state index in [0.29, 0.717) is 23.4 Å².